The molecular weight excluding hydrogens is 260 g/mol. The van der Waals surface area contributed by atoms with Gasteiger partial charge < -0.3 is 9.47 Å². The average molecular weight is 284 g/mol. The average Bonchev–Trinajstić information content (AvgIpc) is 2.83. The Labute approximate surface area is 126 Å². The summed E-state index contributed by atoms with van der Waals surface area (Å²) < 4.78 is 12.2. The fraction of sp³-hybridized carbons (Fsp3) is 0.684. The van der Waals surface area contributed by atoms with Crippen LogP contribution in [-0.2, 0) is 11.8 Å². The molecule has 2 saturated carbocycles. The molecule has 3 aliphatic carbocycles. The normalized spacial score (nSPS) is 42.2. The number of hydrogen-bond donors (Lipinski definition) is 0. The molecule has 5 atom stereocenters. The summed E-state index contributed by atoms with van der Waals surface area (Å²) in [7, 11) is 1.77. The topological polar surface area (TPSA) is 18.5 Å². The minimum absolute atomic E-state index is 0.317. The van der Waals surface area contributed by atoms with E-state index in [1.165, 1.54) is 38.5 Å². The van der Waals surface area contributed by atoms with Crippen molar-refractivity contribution in [3.8, 4) is 11.5 Å². The third-order valence-electron chi connectivity index (χ3n) is 6.97. The molecule has 1 aromatic carbocycles. The fourth-order valence-electron chi connectivity index (χ4n) is 6.30. The summed E-state index contributed by atoms with van der Waals surface area (Å²) in [5, 5.41) is 0. The van der Waals surface area contributed by atoms with Crippen molar-refractivity contribution in [2.75, 3.05) is 7.11 Å². The smallest absolute Gasteiger partial charge is 0.165 e. The molecule has 1 aliphatic heterocycles. The van der Waals surface area contributed by atoms with Crippen molar-refractivity contribution in [2.45, 2.75) is 57.0 Å². The first-order valence-corrected chi connectivity index (χ1v) is 8.62. The molecule has 5 rings (SSSR count). The molecule has 1 heterocycles. The van der Waals surface area contributed by atoms with Crippen LogP contribution in [0.3, 0.4) is 0 Å². The second kappa shape index (κ2) is 3.97. The van der Waals surface area contributed by atoms with E-state index in [1.54, 1.807) is 18.2 Å². The Morgan fingerprint density at radius 1 is 1.24 bits per heavy atom. The van der Waals surface area contributed by atoms with Crippen molar-refractivity contribution in [3.05, 3.63) is 23.3 Å². The summed E-state index contributed by atoms with van der Waals surface area (Å²) in [6.07, 6.45) is 8.53. The highest BCUT2D eigenvalue weighted by Gasteiger charge is 2.63. The van der Waals surface area contributed by atoms with Crippen LogP contribution >= 0.6 is 0 Å². The van der Waals surface area contributed by atoms with Crippen LogP contribution in [0, 0.1) is 17.8 Å². The fourth-order valence-corrected chi connectivity index (χ4v) is 6.30. The largest absolute Gasteiger partial charge is 0.493 e. The van der Waals surface area contributed by atoms with Gasteiger partial charge in [0.25, 0.3) is 0 Å². The number of hydrogen-bond acceptors (Lipinski definition) is 2. The summed E-state index contributed by atoms with van der Waals surface area (Å²) in [5.41, 5.74) is 3.43. The van der Waals surface area contributed by atoms with Crippen LogP contribution in [0.15, 0.2) is 12.1 Å². The quantitative estimate of drug-likeness (QED) is 0.773. The first kappa shape index (κ1) is 12.4. The van der Waals surface area contributed by atoms with Crippen LogP contribution in [0.2, 0.25) is 0 Å². The number of rotatable bonds is 1. The lowest BCUT2D eigenvalue weighted by atomic mass is 9.47. The van der Waals surface area contributed by atoms with E-state index in [9.17, 15) is 0 Å². The molecule has 0 aromatic heterocycles. The van der Waals surface area contributed by atoms with Gasteiger partial charge in [-0.05, 0) is 61.5 Å². The molecule has 21 heavy (non-hydrogen) atoms. The molecule has 0 saturated heterocycles. The van der Waals surface area contributed by atoms with E-state index in [2.05, 4.69) is 19.1 Å². The predicted molar refractivity (Wildman–Crippen MR) is 82.0 cm³/mol. The molecule has 2 heteroatoms. The van der Waals surface area contributed by atoms with Gasteiger partial charge in [0.2, 0.25) is 0 Å². The third kappa shape index (κ3) is 1.31. The number of benzene rings is 1. The lowest BCUT2D eigenvalue weighted by Gasteiger charge is -2.56. The van der Waals surface area contributed by atoms with E-state index >= 15 is 0 Å². The zero-order chi connectivity index (χ0) is 14.2. The van der Waals surface area contributed by atoms with Gasteiger partial charge in [-0.3, -0.25) is 0 Å². The molecule has 4 unspecified atom stereocenters. The molecule has 0 radical (unpaired) electrons. The van der Waals surface area contributed by atoms with Gasteiger partial charge in [0.1, 0.15) is 6.10 Å². The van der Waals surface area contributed by atoms with Crippen LogP contribution < -0.4 is 9.47 Å². The van der Waals surface area contributed by atoms with Crippen LogP contribution in [-0.4, -0.2) is 13.2 Å². The molecule has 112 valence electrons. The van der Waals surface area contributed by atoms with Gasteiger partial charge >= 0.3 is 0 Å². The van der Waals surface area contributed by atoms with Gasteiger partial charge in [-0.2, -0.15) is 0 Å². The summed E-state index contributed by atoms with van der Waals surface area (Å²) in [6, 6.07) is 4.45. The third-order valence-corrected chi connectivity index (χ3v) is 6.97. The van der Waals surface area contributed by atoms with E-state index in [4.69, 9.17) is 9.47 Å². The monoisotopic (exact) mass is 284 g/mol. The van der Waals surface area contributed by atoms with Crippen LogP contribution in [0.1, 0.15) is 50.2 Å². The second-order valence-electron chi connectivity index (χ2n) is 7.73. The highest BCUT2D eigenvalue weighted by Crippen LogP contribution is 2.66. The zero-order valence-electron chi connectivity index (χ0n) is 13.0. The molecule has 2 nitrogen and oxygen atoms in total. The highest BCUT2D eigenvalue weighted by molar-refractivity contribution is 5.60. The molecule has 1 aromatic rings. The van der Waals surface area contributed by atoms with Crippen molar-refractivity contribution in [1.29, 1.82) is 0 Å². The lowest BCUT2D eigenvalue weighted by molar-refractivity contribution is -0.0429. The van der Waals surface area contributed by atoms with E-state index < -0.39 is 0 Å². The number of methoxy groups -OCH3 is 1. The predicted octanol–water partition coefficient (Wildman–Crippen LogP) is 4.10. The molecule has 0 N–H and O–H groups in total. The van der Waals surface area contributed by atoms with Gasteiger partial charge in [-0.1, -0.05) is 19.4 Å². The van der Waals surface area contributed by atoms with Crippen molar-refractivity contribution in [2.24, 2.45) is 17.8 Å². The molecule has 1 spiro atoms. The second-order valence-corrected chi connectivity index (χ2v) is 7.73. The maximum Gasteiger partial charge on any atom is 0.165 e. The Morgan fingerprint density at radius 3 is 3.00 bits per heavy atom. The van der Waals surface area contributed by atoms with Crippen molar-refractivity contribution in [1.82, 2.24) is 0 Å². The van der Waals surface area contributed by atoms with Crippen LogP contribution in [0.5, 0.6) is 11.5 Å². The number of ether oxygens (including phenoxy) is 2. The van der Waals surface area contributed by atoms with Gasteiger partial charge in [-0.25, -0.2) is 0 Å². The summed E-state index contributed by atoms with van der Waals surface area (Å²) in [4.78, 5) is 0. The standard InChI is InChI=1S/C19H24O2/c1-11-5-7-14-12-4-3-9-19(14)16-13(10-12)6-8-15(20-2)17(16)21-18(11)19/h6,8,11-12,14,18H,3-5,7,9-10H2,1-2H3/t11?,12?,14?,18?,19-/m1/s1. The van der Waals surface area contributed by atoms with E-state index in [-0.39, 0.29) is 0 Å². The van der Waals surface area contributed by atoms with Gasteiger partial charge in [0.05, 0.1) is 7.11 Å². The summed E-state index contributed by atoms with van der Waals surface area (Å²) in [6.45, 7) is 2.39. The minimum Gasteiger partial charge on any atom is -0.493 e. The zero-order valence-corrected chi connectivity index (χ0v) is 13.0. The first-order valence-electron chi connectivity index (χ1n) is 8.62. The lowest BCUT2D eigenvalue weighted by Crippen LogP contribution is -2.57. The van der Waals surface area contributed by atoms with E-state index in [0.29, 0.717) is 17.4 Å². The first-order chi connectivity index (χ1) is 10.3. The highest BCUT2D eigenvalue weighted by atomic mass is 16.5. The molecule has 2 fully saturated rings. The SMILES string of the molecule is COc1ccc2c3c1OC1C(C)CCC4C(CCC[C@]341)C2. The van der Waals surface area contributed by atoms with Crippen LogP contribution in [0.25, 0.3) is 0 Å². The summed E-state index contributed by atoms with van der Waals surface area (Å²) in [5.74, 6) is 4.46. The van der Waals surface area contributed by atoms with E-state index in [0.717, 1.165) is 23.3 Å². The van der Waals surface area contributed by atoms with Gasteiger partial charge in [0, 0.05) is 11.0 Å². The van der Waals surface area contributed by atoms with Crippen molar-refractivity contribution < 1.29 is 9.47 Å². The Kier molecular flexibility index (Phi) is 2.34. The maximum absolute atomic E-state index is 6.59. The van der Waals surface area contributed by atoms with Crippen molar-refractivity contribution in [3.63, 3.8) is 0 Å². The Hall–Kier alpha value is -1.18. The maximum atomic E-state index is 6.59. The minimum atomic E-state index is 0.317. The molecule has 2 bridgehead atoms. The molecule has 4 aliphatic rings. The Bertz CT molecular complexity index is 608. The summed E-state index contributed by atoms with van der Waals surface area (Å²) >= 11 is 0. The van der Waals surface area contributed by atoms with Crippen LogP contribution in [0.4, 0.5) is 0 Å². The van der Waals surface area contributed by atoms with Crippen molar-refractivity contribution >= 4 is 0 Å². The molecule has 0 amide bonds. The van der Waals surface area contributed by atoms with Gasteiger partial charge in [0.15, 0.2) is 11.5 Å². The Morgan fingerprint density at radius 2 is 2.14 bits per heavy atom. The van der Waals surface area contributed by atoms with E-state index in [1.807, 2.05) is 0 Å². The van der Waals surface area contributed by atoms with Gasteiger partial charge in [-0.15, -0.1) is 0 Å². The molecular formula is C19H24O2. The Balaban J connectivity index is 1.81.